The highest BCUT2D eigenvalue weighted by Crippen LogP contribution is 2.29. The summed E-state index contributed by atoms with van der Waals surface area (Å²) in [6, 6.07) is 9.12. The predicted octanol–water partition coefficient (Wildman–Crippen LogP) is 8.65. The smallest absolute Gasteiger partial charge is 0.135 e. The van der Waals surface area contributed by atoms with E-state index in [9.17, 15) is 0 Å². The average Bonchev–Trinajstić information content (AvgIpc) is 2.69. The zero-order valence-corrected chi connectivity index (χ0v) is 20.2. The molecule has 0 aromatic heterocycles. The van der Waals surface area contributed by atoms with E-state index in [1.165, 1.54) is 120 Å². The fraction of sp³-hybridized carbons (Fsp3) is 0.778. The lowest BCUT2D eigenvalue weighted by Crippen LogP contribution is -2.51. The van der Waals surface area contributed by atoms with Crippen molar-refractivity contribution in [1.82, 2.24) is 4.48 Å². The van der Waals surface area contributed by atoms with Crippen molar-refractivity contribution < 1.29 is 5.48 Å². The Balaban J connectivity index is 0.00000784. The van der Waals surface area contributed by atoms with E-state index in [4.69, 9.17) is 0 Å². The Kier molecular flexibility index (Phi) is 17.4. The lowest BCUT2D eigenvalue weighted by Gasteiger charge is -2.39. The molecule has 0 aliphatic rings. The molecule has 0 aliphatic heterocycles. The number of hydrogen-bond acceptors (Lipinski definition) is 1. The third-order valence-electron chi connectivity index (χ3n) is 6.37. The molecule has 0 radical (unpaired) electrons. The fourth-order valence-corrected chi connectivity index (χ4v) is 4.90. The van der Waals surface area contributed by atoms with Crippen LogP contribution in [-0.4, -0.2) is 25.1 Å². The Labute approximate surface area is 183 Å². The first-order valence-electron chi connectivity index (χ1n) is 12.6. The van der Waals surface area contributed by atoms with Crippen molar-refractivity contribution in [3.05, 3.63) is 29.8 Å². The summed E-state index contributed by atoms with van der Waals surface area (Å²) in [5.74, 6) is 0. The van der Waals surface area contributed by atoms with Crippen molar-refractivity contribution in [2.75, 3.05) is 19.6 Å². The van der Waals surface area contributed by atoms with Crippen LogP contribution in [0, 0.1) is 6.92 Å². The van der Waals surface area contributed by atoms with E-state index in [-0.39, 0.29) is 5.48 Å². The molecule has 2 nitrogen and oxygen atoms in total. The lowest BCUT2D eigenvalue weighted by atomic mass is 10.0. The molecule has 29 heavy (non-hydrogen) atoms. The molecule has 0 aliphatic carbocycles. The summed E-state index contributed by atoms with van der Waals surface area (Å²) in [6.45, 7) is 13.2. The fourth-order valence-electron chi connectivity index (χ4n) is 4.90. The highest BCUT2D eigenvalue weighted by Gasteiger charge is 2.29. The molecule has 0 unspecified atom stereocenters. The summed E-state index contributed by atoms with van der Waals surface area (Å²) in [7, 11) is 0. The van der Waals surface area contributed by atoms with Crippen LogP contribution in [0.1, 0.15) is 116 Å². The number of aryl methyl sites for hydroxylation is 1. The molecule has 170 valence electrons. The van der Waals surface area contributed by atoms with Crippen molar-refractivity contribution in [3.63, 3.8) is 0 Å². The predicted molar refractivity (Wildman–Crippen MR) is 131 cm³/mol. The Morgan fingerprint density at radius 1 is 0.552 bits per heavy atom. The first-order chi connectivity index (χ1) is 13.7. The molecule has 1 N–H and O–H groups in total. The number of quaternary nitrogens is 1. The van der Waals surface area contributed by atoms with E-state index in [1.807, 2.05) is 0 Å². The van der Waals surface area contributed by atoms with Gasteiger partial charge in [0.2, 0.25) is 0 Å². The maximum atomic E-state index is 2.39. The summed E-state index contributed by atoms with van der Waals surface area (Å²) in [5, 5.41) is 0. The topological polar surface area (TPSA) is 30.0 Å². The van der Waals surface area contributed by atoms with Gasteiger partial charge in [-0.15, -0.1) is 0 Å². The second-order valence-corrected chi connectivity index (χ2v) is 8.99. The van der Waals surface area contributed by atoms with E-state index in [1.54, 1.807) is 5.69 Å². The minimum Gasteiger partial charge on any atom is -0.870 e. The van der Waals surface area contributed by atoms with Gasteiger partial charge in [0.15, 0.2) is 0 Å². The molecule has 0 amide bonds. The minimum atomic E-state index is 0. The first kappa shape index (κ1) is 28.1. The van der Waals surface area contributed by atoms with Gasteiger partial charge >= 0.3 is 0 Å². The van der Waals surface area contributed by atoms with Gasteiger partial charge in [-0.05, 0) is 38.7 Å². The first-order valence-corrected chi connectivity index (χ1v) is 12.6. The molecule has 0 saturated carbocycles. The van der Waals surface area contributed by atoms with Gasteiger partial charge in [-0.3, -0.25) is 4.48 Å². The number of rotatable bonds is 18. The van der Waals surface area contributed by atoms with E-state index in [0.717, 1.165) is 0 Å². The zero-order valence-electron chi connectivity index (χ0n) is 20.2. The van der Waals surface area contributed by atoms with Gasteiger partial charge in [-0.1, -0.05) is 103 Å². The molecular formula is C27H51NO. The van der Waals surface area contributed by atoms with Crippen LogP contribution < -0.4 is 4.48 Å². The number of hydrogen-bond donors (Lipinski definition) is 0. The quantitative estimate of drug-likeness (QED) is 0.177. The molecule has 1 aromatic rings. The Morgan fingerprint density at radius 3 is 1.45 bits per heavy atom. The molecule has 0 saturated heterocycles. The van der Waals surface area contributed by atoms with Crippen molar-refractivity contribution in [2.24, 2.45) is 0 Å². The summed E-state index contributed by atoms with van der Waals surface area (Å²) in [6.07, 6.45) is 19.8. The molecule has 1 rings (SSSR count). The van der Waals surface area contributed by atoms with Gasteiger partial charge in [0.1, 0.15) is 5.69 Å². The van der Waals surface area contributed by atoms with Crippen LogP contribution in [0.4, 0.5) is 5.69 Å². The van der Waals surface area contributed by atoms with Gasteiger partial charge in [0, 0.05) is 5.56 Å². The number of unbranched alkanes of at least 4 members (excludes halogenated alkanes) is 11. The Bertz CT molecular complexity index is 479. The maximum absolute atomic E-state index is 2.39. The van der Waals surface area contributed by atoms with Gasteiger partial charge in [0.25, 0.3) is 0 Å². The van der Waals surface area contributed by atoms with Gasteiger partial charge in [0.05, 0.1) is 19.6 Å². The molecule has 0 heterocycles. The molecule has 0 fully saturated rings. The van der Waals surface area contributed by atoms with E-state index >= 15 is 0 Å². The molecule has 0 atom stereocenters. The lowest BCUT2D eigenvalue weighted by molar-refractivity contribution is 0.264. The van der Waals surface area contributed by atoms with Crippen molar-refractivity contribution in [3.8, 4) is 0 Å². The molecule has 2 heteroatoms. The molecular weight excluding hydrogens is 354 g/mol. The standard InChI is InChI=1S/C27H50N.H2O/c1-5-8-9-10-11-12-13-14-15-16-17-20-25-28(23-6-2,24-7-3)27-22-19-18-21-26(27)4;/h18-19,21-22H,5-17,20,23-25H2,1-4H3;1H2/q+1;/p-1. The van der Waals surface area contributed by atoms with Gasteiger partial charge in [-0.2, -0.15) is 0 Å². The van der Waals surface area contributed by atoms with Crippen LogP contribution in [0.3, 0.4) is 0 Å². The van der Waals surface area contributed by atoms with E-state index in [2.05, 4.69) is 52.0 Å². The van der Waals surface area contributed by atoms with Crippen LogP contribution in [0.15, 0.2) is 24.3 Å². The van der Waals surface area contributed by atoms with Gasteiger partial charge < -0.3 is 5.48 Å². The van der Waals surface area contributed by atoms with E-state index < -0.39 is 0 Å². The normalized spacial score (nSPS) is 11.4. The second-order valence-electron chi connectivity index (χ2n) is 8.99. The highest BCUT2D eigenvalue weighted by atomic mass is 16.0. The number of nitrogens with zero attached hydrogens (tertiary/aromatic N) is 1. The molecule has 0 spiro atoms. The maximum Gasteiger partial charge on any atom is 0.135 e. The third kappa shape index (κ3) is 11.2. The molecule has 0 bridgehead atoms. The second kappa shape index (κ2) is 18.0. The zero-order chi connectivity index (χ0) is 20.5. The average molecular weight is 406 g/mol. The van der Waals surface area contributed by atoms with Crippen LogP contribution in [0.5, 0.6) is 0 Å². The highest BCUT2D eigenvalue weighted by molar-refractivity contribution is 5.49. The van der Waals surface area contributed by atoms with Crippen LogP contribution >= 0.6 is 0 Å². The van der Waals surface area contributed by atoms with Crippen LogP contribution in [0.25, 0.3) is 0 Å². The Hall–Kier alpha value is -0.860. The summed E-state index contributed by atoms with van der Waals surface area (Å²) >= 11 is 0. The summed E-state index contributed by atoms with van der Waals surface area (Å²) < 4.78 is 1.21. The number of para-hydroxylation sites is 1. The summed E-state index contributed by atoms with van der Waals surface area (Å²) in [4.78, 5) is 0. The van der Waals surface area contributed by atoms with Gasteiger partial charge in [-0.25, -0.2) is 0 Å². The summed E-state index contributed by atoms with van der Waals surface area (Å²) in [5.41, 5.74) is 3.05. The Morgan fingerprint density at radius 2 is 1.00 bits per heavy atom. The number of benzene rings is 1. The minimum absolute atomic E-state index is 0. The molecule has 1 aromatic carbocycles. The largest absolute Gasteiger partial charge is 0.870 e. The van der Waals surface area contributed by atoms with Crippen LogP contribution in [0.2, 0.25) is 0 Å². The van der Waals surface area contributed by atoms with Crippen molar-refractivity contribution in [2.45, 2.75) is 118 Å². The van der Waals surface area contributed by atoms with E-state index in [0.29, 0.717) is 0 Å². The SMILES string of the molecule is CCCCCCCCCCCCCC[N+](CCC)(CCC)c1ccccc1C.[OH-]. The van der Waals surface area contributed by atoms with Crippen molar-refractivity contribution in [1.29, 1.82) is 0 Å². The third-order valence-corrected chi connectivity index (χ3v) is 6.37. The monoisotopic (exact) mass is 405 g/mol. The van der Waals surface area contributed by atoms with Crippen LogP contribution in [-0.2, 0) is 0 Å². The van der Waals surface area contributed by atoms with Crippen molar-refractivity contribution >= 4 is 5.69 Å².